The number of ether oxygens (including phenoxy) is 3. The van der Waals surface area contributed by atoms with Gasteiger partial charge in [0, 0.05) is 0 Å². The Morgan fingerprint density at radius 3 is 2.36 bits per heavy atom. The molecule has 1 amide bonds. The summed E-state index contributed by atoms with van der Waals surface area (Å²) >= 11 is 0. The lowest BCUT2D eigenvalue weighted by Gasteiger charge is -2.18. The van der Waals surface area contributed by atoms with Gasteiger partial charge in [-0.3, -0.25) is 9.59 Å². The molecule has 0 saturated heterocycles. The number of benzene rings is 2. The van der Waals surface area contributed by atoms with Crippen LogP contribution in [0.15, 0.2) is 48.5 Å². The minimum Gasteiger partial charge on any atom is -0.493 e. The van der Waals surface area contributed by atoms with Gasteiger partial charge in [-0.25, -0.2) is 0 Å². The van der Waals surface area contributed by atoms with Crippen molar-refractivity contribution in [3.8, 4) is 11.5 Å². The summed E-state index contributed by atoms with van der Waals surface area (Å²) < 4.78 is 15.5. The van der Waals surface area contributed by atoms with Gasteiger partial charge in [0.05, 0.1) is 26.7 Å². The molecule has 0 aliphatic carbocycles. The summed E-state index contributed by atoms with van der Waals surface area (Å²) in [5.41, 5.74) is 1.76. The molecule has 0 aromatic heterocycles. The zero-order chi connectivity index (χ0) is 20.4. The highest BCUT2D eigenvalue weighted by molar-refractivity contribution is 5.81. The fourth-order valence-electron chi connectivity index (χ4n) is 2.89. The third-order valence-corrected chi connectivity index (χ3v) is 4.28. The fraction of sp³-hybridized carbons (Fsp3) is 0.364. The summed E-state index contributed by atoms with van der Waals surface area (Å²) in [5.74, 6) is 0.328. The van der Waals surface area contributed by atoms with Gasteiger partial charge in [-0.2, -0.15) is 0 Å². The largest absolute Gasteiger partial charge is 0.493 e. The third-order valence-electron chi connectivity index (χ3n) is 4.28. The Morgan fingerprint density at radius 2 is 1.71 bits per heavy atom. The third kappa shape index (κ3) is 6.30. The first-order chi connectivity index (χ1) is 13.6. The Hall–Kier alpha value is -3.02. The molecule has 0 spiro atoms. The van der Waals surface area contributed by atoms with Crippen molar-refractivity contribution in [2.75, 3.05) is 20.8 Å². The molecule has 2 rings (SSSR count). The van der Waals surface area contributed by atoms with Gasteiger partial charge < -0.3 is 19.5 Å². The van der Waals surface area contributed by atoms with Crippen LogP contribution >= 0.6 is 0 Å². The van der Waals surface area contributed by atoms with Gasteiger partial charge in [0.1, 0.15) is 0 Å². The summed E-state index contributed by atoms with van der Waals surface area (Å²) in [5, 5.41) is 2.93. The molecule has 2 aromatic carbocycles. The molecule has 0 bridgehead atoms. The van der Waals surface area contributed by atoms with Crippen LogP contribution in [0.2, 0.25) is 0 Å². The first-order valence-corrected chi connectivity index (χ1v) is 9.28. The summed E-state index contributed by atoms with van der Waals surface area (Å²) in [6, 6.07) is 14.9. The average molecular weight is 385 g/mol. The number of methoxy groups -OCH3 is 2. The van der Waals surface area contributed by atoms with Gasteiger partial charge in [-0.1, -0.05) is 49.7 Å². The van der Waals surface area contributed by atoms with Crippen molar-refractivity contribution >= 4 is 11.9 Å². The maximum Gasteiger partial charge on any atom is 0.310 e. The highest BCUT2D eigenvalue weighted by Crippen LogP contribution is 2.27. The number of hydrogen-bond donors (Lipinski definition) is 1. The van der Waals surface area contributed by atoms with E-state index < -0.39 is 5.97 Å². The van der Waals surface area contributed by atoms with Crippen LogP contribution < -0.4 is 14.8 Å². The maximum absolute atomic E-state index is 12.2. The Balaban J connectivity index is 1.87. The Labute approximate surface area is 165 Å². The van der Waals surface area contributed by atoms with Crippen molar-refractivity contribution in [2.24, 2.45) is 0 Å². The van der Waals surface area contributed by atoms with Crippen LogP contribution in [0.4, 0.5) is 0 Å². The number of rotatable bonds is 10. The molecule has 28 heavy (non-hydrogen) atoms. The molecular formula is C22H27NO5. The second-order valence-corrected chi connectivity index (χ2v) is 6.35. The predicted octanol–water partition coefficient (Wildman–Crippen LogP) is 3.45. The summed E-state index contributed by atoms with van der Waals surface area (Å²) in [4.78, 5) is 24.3. The van der Waals surface area contributed by atoms with Gasteiger partial charge in [-0.15, -0.1) is 0 Å². The minimum atomic E-state index is -0.478. The van der Waals surface area contributed by atoms with Crippen molar-refractivity contribution < 1.29 is 23.8 Å². The number of carbonyl (C=O) groups is 2. The molecule has 0 heterocycles. The van der Waals surface area contributed by atoms with E-state index in [0.29, 0.717) is 11.5 Å². The van der Waals surface area contributed by atoms with Gasteiger partial charge in [-0.05, 0) is 29.7 Å². The molecule has 0 aliphatic rings. The van der Waals surface area contributed by atoms with Gasteiger partial charge in [0.2, 0.25) is 0 Å². The van der Waals surface area contributed by atoms with Gasteiger partial charge in [0.15, 0.2) is 18.1 Å². The van der Waals surface area contributed by atoms with Gasteiger partial charge in [0.25, 0.3) is 5.91 Å². The van der Waals surface area contributed by atoms with E-state index in [1.807, 2.05) is 30.3 Å². The van der Waals surface area contributed by atoms with Crippen molar-refractivity contribution in [3.63, 3.8) is 0 Å². The van der Waals surface area contributed by atoms with E-state index in [4.69, 9.17) is 14.2 Å². The van der Waals surface area contributed by atoms with Crippen LogP contribution in [-0.4, -0.2) is 32.7 Å². The normalized spacial score (nSPS) is 11.4. The van der Waals surface area contributed by atoms with E-state index in [-0.39, 0.29) is 25.0 Å². The number of carbonyl (C=O) groups excluding carboxylic acids is 2. The lowest BCUT2D eigenvalue weighted by Crippen LogP contribution is -2.32. The van der Waals surface area contributed by atoms with Crippen molar-refractivity contribution in [2.45, 2.75) is 32.2 Å². The number of esters is 1. The van der Waals surface area contributed by atoms with E-state index in [1.54, 1.807) is 25.3 Å². The Kier molecular flexibility index (Phi) is 8.34. The minimum absolute atomic E-state index is 0.0463. The number of amides is 1. The summed E-state index contributed by atoms with van der Waals surface area (Å²) in [6.07, 6.45) is 1.79. The van der Waals surface area contributed by atoms with Crippen LogP contribution in [0, 0.1) is 0 Å². The van der Waals surface area contributed by atoms with Crippen LogP contribution in [0.3, 0.4) is 0 Å². The van der Waals surface area contributed by atoms with Crippen LogP contribution in [0.25, 0.3) is 0 Å². The van der Waals surface area contributed by atoms with Crippen LogP contribution in [0.1, 0.15) is 36.9 Å². The molecule has 0 saturated carbocycles. The zero-order valence-corrected chi connectivity index (χ0v) is 16.6. The smallest absolute Gasteiger partial charge is 0.310 e. The molecule has 1 N–H and O–H groups in total. The van der Waals surface area contributed by atoms with Crippen LogP contribution in [0.5, 0.6) is 11.5 Å². The quantitative estimate of drug-likeness (QED) is 0.634. The summed E-state index contributed by atoms with van der Waals surface area (Å²) in [6.45, 7) is 1.75. The van der Waals surface area contributed by atoms with E-state index in [9.17, 15) is 9.59 Å². The SMILES string of the molecule is CCC[C@@H](NC(=O)COC(=O)Cc1ccc(OC)c(OC)c1)c1ccccc1. The molecule has 2 aromatic rings. The fourth-order valence-corrected chi connectivity index (χ4v) is 2.89. The molecule has 0 radical (unpaired) electrons. The zero-order valence-electron chi connectivity index (χ0n) is 16.6. The van der Waals surface area contributed by atoms with Crippen LogP contribution in [-0.2, 0) is 20.7 Å². The highest BCUT2D eigenvalue weighted by Gasteiger charge is 2.15. The molecule has 0 fully saturated rings. The van der Waals surface area contributed by atoms with Gasteiger partial charge >= 0.3 is 5.97 Å². The molecular weight excluding hydrogens is 358 g/mol. The first-order valence-electron chi connectivity index (χ1n) is 9.28. The van der Waals surface area contributed by atoms with Crippen molar-refractivity contribution in [1.82, 2.24) is 5.32 Å². The lowest BCUT2D eigenvalue weighted by atomic mass is 10.0. The van der Waals surface area contributed by atoms with E-state index in [1.165, 1.54) is 7.11 Å². The number of hydrogen-bond acceptors (Lipinski definition) is 5. The highest BCUT2D eigenvalue weighted by atomic mass is 16.5. The molecule has 6 heteroatoms. The van der Waals surface area contributed by atoms with Crippen molar-refractivity contribution in [3.05, 3.63) is 59.7 Å². The maximum atomic E-state index is 12.2. The lowest BCUT2D eigenvalue weighted by molar-refractivity contribution is -0.148. The summed E-state index contributed by atoms with van der Waals surface area (Å²) in [7, 11) is 3.08. The van der Waals surface area contributed by atoms with E-state index >= 15 is 0 Å². The van der Waals surface area contributed by atoms with E-state index in [2.05, 4.69) is 12.2 Å². The topological polar surface area (TPSA) is 73.9 Å². The Bertz CT molecular complexity index is 776. The first kappa shape index (κ1) is 21.3. The average Bonchev–Trinajstić information content (AvgIpc) is 2.72. The molecule has 6 nitrogen and oxygen atoms in total. The van der Waals surface area contributed by atoms with Crippen molar-refractivity contribution in [1.29, 1.82) is 0 Å². The monoisotopic (exact) mass is 385 g/mol. The predicted molar refractivity (Wildman–Crippen MR) is 106 cm³/mol. The standard InChI is InChI=1S/C22H27NO5/c1-4-8-18(17-9-6-5-7-10-17)23-21(24)15-28-22(25)14-16-11-12-19(26-2)20(13-16)27-3/h5-7,9-13,18H,4,8,14-15H2,1-3H3,(H,23,24)/t18-/m1/s1. The second kappa shape index (κ2) is 11.0. The van der Waals surface area contributed by atoms with E-state index in [0.717, 1.165) is 24.0 Å². The second-order valence-electron chi connectivity index (χ2n) is 6.35. The molecule has 150 valence electrons. The molecule has 1 atom stereocenters. The Morgan fingerprint density at radius 1 is 1.00 bits per heavy atom. The molecule has 0 aliphatic heterocycles. The molecule has 0 unspecified atom stereocenters. The number of nitrogens with one attached hydrogen (secondary N) is 1.